The lowest BCUT2D eigenvalue weighted by atomic mass is 10.2. The Balaban J connectivity index is 1.43. The topological polar surface area (TPSA) is 108 Å². The number of para-hydroxylation sites is 1. The molecule has 0 aliphatic carbocycles. The second-order valence-electron chi connectivity index (χ2n) is 7.02. The van der Waals surface area contributed by atoms with Crippen LogP contribution in [0.3, 0.4) is 0 Å². The Morgan fingerprint density at radius 1 is 1.12 bits per heavy atom. The van der Waals surface area contributed by atoms with E-state index in [2.05, 4.69) is 20.3 Å². The van der Waals surface area contributed by atoms with E-state index in [1.54, 1.807) is 18.2 Å². The number of nitrogens with one attached hydrogen (secondary N) is 1. The van der Waals surface area contributed by atoms with Crippen molar-refractivity contribution in [3.05, 3.63) is 76.6 Å². The highest BCUT2D eigenvalue weighted by atomic mass is 32.2. The van der Waals surface area contributed by atoms with Crippen LogP contribution in [-0.4, -0.2) is 38.0 Å². The lowest BCUT2D eigenvalue weighted by molar-refractivity contribution is -0.113. The van der Waals surface area contributed by atoms with Crippen molar-refractivity contribution in [3.8, 4) is 11.5 Å². The molecule has 0 saturated carbocycles. The largest absolute Gasteiger partial charge is 0.454 e. The van der Waals surface area contributed by atoms with E-state index in [1.807, 2.05) is 6.07 Å². The number of benzene rings is 2. The van der Waals surface area contributed by atoms with Gasteiger partial charge in [0.05, 0.1) is 18.0 Å². The second-order valence-corrected chi connectivity index (χ2v) is 7.96. The van der Waals surface area contributed by atoms with E-state index in [-0.39, 0.29) is 46.7 Å². The van der Waals surface area contributed by atoms with Gasteiger partial charge in [-0.25, -0.2) is 19.3 Å². The molecule has 5 rings (SSSR count). The summed E-state index contributed by atoms with van der Waals surface area (Å²) in [5, 5.41) is 2.81. The van der Waals surface area contributed by atoms with Crippen molar-refractivity contribution in [2.75, 3.05) is 17.9 Å². The molecule has 33 heavy (non-hydrogen) atoms. The van der Waals surface area contributed by atoms with Crippen LogP contribution in [0.4, 0.5) is 10.1 Å². The molecule has 4 aromatic rings. The molecule has 11 heteroatoms. The fourth-order valence-electron chi connectivity index (χ4n) is 3.28. The van der Waals surface area contributed by atoms with Gasteiger partial charge in [0.25, 0.3) is 5.56 Å². The molecule has 3 heterocycles. The highest BCUT2D eigenvalue weighted by molar-refractivity contribution is 7.99. The maximum absolute atomic E-state index is 13.8. The molecule has 0 atom stereocenters. The predicted molar refractivity (Wildman–Crippen MR) is 119 cm³/mol. The van der Waals surface area contributed by atoms with Crippen LogP contribution in [0.25, 0.3) is 11.2 Å². The van der Waals surface area contributed by atoms with Gasteiger partial charge >= 0.3 is 0 Å². The van der Waals surface area contributed by atoms with Gasteiger partial charge in [-0.15, -0.1) is 0 Å². The number of carbonyl (C=O) groups is 1. The van der Waals surface area contributed by atoms with Gasteiger partial charge in [0.1, 0.15) is 5.82 Å². The van der Waals surface area contributed by atoms with Crippen LogP contribution in [0, 0.1) is 5.82 Å². The number of anilines is 1. The van der Waals surface area contributed by atoms with Gasteiger partial charge in [-0.05, 0) is 29.8 Å². The Bertz CT molecular complexity index is 1430. The maximum Gasteiger partial charge on any atom is 0.282 e. The molecule has 9 nitrogen and oxygen atoms in total. The molecule has 166 valence electrons. The molecule has 2 aromatic heterocycles. The molecule has 1 aliphatic heterocycles. The van der Waals surface area contributed by atoms with Crippen LogP contribution in [0.2, 0.25) is 0 Å². The average molecular weight is 465 g/mol. The van der Waals surface area contributed by atoms with Crippen LogP contribution in [0.5, 0.6) is 11.5 Å². The van der Waals surface area contributed by atoms with Gasteiger partial charge in [-0.1, -0.05) is 30.0 Å². The Labute approximate surface area is 190 Å². The third-order valence-corrected chi connectivity index (χ3v) is 5.79. The Kier molecular flexibility index (Phi) is 5.61. The number of thioether (sulfide) groups is 1. The summed E-state index contributed by atoms with van der Waals surface area (Å²) >= 11 is 1.05. The van der Waals surface area contributed by atoms with E-state index >= 15 is 0 Å². The van der Waals surface area contributed by atoms with Gasteiger partial charge < -0.3 is 14.8 Å². The van der Waals surface area contributed by atoms with Gasteiger partial charge in [-0.3, -0.25) is 14.2 Å². The fourth-order valence-corrected chi connectivity index (χ4v) is 4.07. The van der Waals surface area contributed by atoms with Crippen molar-refractivity contribution in [1.82, 2.24) is 19.5 Å². The number of ether oxygens (including phenoxy) is 2. The molecular weight excluding hydrogens is 449 g/mol. The number of aromatic nitrogens is 4. The summed E-state index contributed by atoms with van der Waals surface area (Å²) in [5.74, 6) is 0.164. The predicted octanol–water partition coefficient (Wildman–Crippen LogP) is 2.83. The summed E-state index contributed by atoms with van der Waals surface area (Å²) in [4.78, 5) is 38.3. The summed E-state index contributed by atoms with van der Waals surface area (Å²) in [5.41, 5.74) is 0.782. The lowest BCUT2D eigenvalue weighted by Crippen LogP contribution is -2.26. The monoisotopic (exact) mass is 465 g/mol. The van der Waals surface area contributed by atoms with E-state index in [1.165, 1.54) is 35.2 Å². The van der Waals surface area contributed by atoms with Crippen molar-refractivity contribution in [1.29, 1.82) is 0 Å². The standard InChI is InChI=1S/C22H16FN5O4S/c23-14-3-1-2-4-15(14)26-18(29)11-33-22-27-20-19(24-7-8-25-20)21(30)28(22)10-13-5-6-16-17(9-13)32-12-31-16/h1-9H,10-12H2,(H,26,29). The third-order valence-electron chi connectivity index (χ3n) is 4.82. The minimum absolute atomic E-state index is 0.0817. The van der Waals surface area contributed by atoms with Crippen molar-refractivity contribution in [3.63, 3.8) is 0 Å². The summed E-state index contributed by atoms with van der Waals surface area (Å²) in [6.45, 7) is 0.316. The van der Waals surface area contributed by atoms with Crippen LogP contribution in [-0.2, 0) is 11.3 Å². The van der Waals surface area contributed by atoms with Crippen molar-refractivity contribution >= 4 is 34.5 Å². The van der Waals surface area contributed by atoms with E-state index in [0.717, 1.165) is 17.3 Å². The van der Waals surface area contributed by atoms with Crippen LogP contribution >= 0.6 is 11.8 Å². The zero-order valence-corrected chi connectivity index (χ0v) is 17.8. The third kappa shape index (κ3) is 4.35. The number of hydrogen-bond acceptors (Lipinski definition) is 8. The number of rotatable bonds is 6. The zero-order valence-electron chi connectivity index (χ0n) is 17.0. The molecule has 1 aliphatic rings. The first-order valence-electron chi connectivity index (χ1n) is 9.86. The molecule has 1 N–H and O–H groups in total. The normalized spacial score (nSPS) is 12.2. The van der Waals surface area contributed by atoms with Gasteiger partial charge in [0, 0.05) is 12.4 Å². The first-order valence-corrected chi connectivity index (χ1v) is 10.8. The first-order chi connectivity index (χ1) is 16.1. The van der Waals surface area contributed by atoms with E-state index in [9.17, 15) is 14.0 Å². The van der Waals surface area contributed by atoms with Gasteiger partial charge in [0.15, 0.2) is 27.8 Å². The second kappa shape index (κ2) is 8.87. The molecule has 0 bridgehead atoms. The maximum atomic E-state index is 13.8. The number of carbonyl (C=O) groups excluding carboxylic acids is 1. The minimum Gasteiger partial charge on any atom is -0.454 e. The van der Waals surface area contributed by atoms with Gasteiger partial charge in [0.2, 0.25) is 12.7 Å². The number of hydrogen-bond donors (Lipinski definition) is 1. The first kappa shape index (κ1) is 20.9. The van der Waals surface area contributed by atoms with Crippen LogP contribution < -0.4 is 20.3 Å². The lowest BCUT2D eigenvalue weighted by Gasteiger charge is -2.13. The highest BCUT2D eigenvalue weighted by Gasteiger charge is 2.18. The molecule has 0 spiro atoms. The number of nitrogens with zero attached hydrogens (tertiary/aromatic N) is 4. The highest BCUT2D eigenvalue weighted by Crippen LogP contribution is 2.33. The molecule has 1 amide bonds. The average Bonchev–Trinajstić information content (AvgIpc) is 3.29. The summed E-state index contributed by atoms with van der Waals surface area (Å²) < 4.78 is 26.0. The van der Waals surface area contributed by atoms with E-state index < -0.39 is 11.7 Å². The van der Waals surface area contributed by atoms with E-state index in [4.69, 9.17) is 9.47 Å². The summed E-state index contributed by atoms with van der Waals surface area (Å²) in [6, 6.07) is 11.3. The summed E-state index contributed by atoms with van der Waals surface area (Å²) in [6.07, 6.45) is 2.86. The quantitative estimate of drug-likeness (QED) is 0.342. The van der Waals surface area contributed by atoms with E-state index in [0.29, 0.717) is 11.5 Å². The number of halogens is 1. The number of amides is 1. The van der Waals surface area contributed by atoms with Crippen LogP contribution in [0.15, 0.2) is 64.8 Å². The number of fused-ring (bicyclic) bond motifs is 2. The van der Waals surface area contributed by atoms with Crippen molar-refractivity contribution in [2.24, 2.45) is 0 Å². The zero-order chi connectivity index (χ0) is 22.8. The van der Waals surface area contributed by atoms with Crippen molar-refractivity contribution in [2.45, 2.75) is 11.7 Å². The molecule has 0 radical (unpaired) electrons. The fraction of sp³-hybridized carbons (Fsp3) is 0.136. The minimum atomic E-state index is -0.533. The Morgan fingerprint density at radius 2 is 1.94 bits per heavy atom. The Hall–Kier alpha value is -3.99. The molecule has 0 unspecified atom stereocenters. The molecule has 0 fully saturated rings. The van der Waals surface area contributed by atoms with Gasteiger partial charge in [-0.2, -0.15) is 0 Å². The molecular formula is C22H16FN5O4S. The summed E-state index contributed by atoms with van der Waals surface area (Å²) in [7, 11) is 0. The molecule has 0 saturated heterocycles. The smallest absolute Gasteiger partial charge is 0.282 e. The Morgan fingerprint density at radius 3 is 2.82 bits per heavy atom. The SMILES string of the molecule is O=C(CSc1nc2nccnc2c(=O)n1Cc1ccc2c(c1)OCO2)Nc1ccccc1F. The molecule has 2 aromatic carbocycles. The van der Waals surface area contributed by atoms with Crippen molar-refractivity contribution < 1.29 is 18.7 Å². The van der Waals surface area contributed by atoms with Crippen LogP contribution in [0.1, 0.15) is 5.56 Å².